The second-order valence-electron chi connectivity index (χ2n) is 11.4. The Balaban J connectivity index is 0.00000451. The molecule has 0 aliphatic heterocycles. The summed E-state index contributed by atoms with van der Waals surface area (Å²) in [5.74, 6) is 4.88. The number of nitrogens with zero attached hydrogens (tertiary/aromatic N) is 2. The zero-order chi connectivity index (χ0) is 33.1. The highest BCUT2D eigenvalue weighted by Gasteiger charge is 2.19. The molecular weight excluding hydrogens is 628 g/mol. The Morgan fingerprint density at radius 3 is 1.38 bits per heavy atom. The second-order valence-corrected chi connectivity index (χ2v) is 11.4. The highest BCUT2D eigenvalue weighted by atomic mass is 35.5. The molecule has 0 radical (unpaired) electrons. The van der Waals surface area contributed by atoms with Crippen molar-refractivity contribution in [1.82, 2.24) is 0 Å². The number of rotatable bonds is 11. The number of benzene rings is 4. The van der Waals surface area contributed by atoms with Gasteiger partial charge >= 0.3 is 0 Å². The molecule has 2 aromatic heterocycles. The van der Waals surface area contributed by atoms with Crippen molar-refractivity contribution >= 4 is 21.5 Å². The third-order valence-electron chi connectivity index (χ3n) is 8.66. The molecule has 2 heterocycles. The molecular formula is C39H40ClN2O6+. The van der Waals surface area contributed by atoms with E-state index in [0.29, 0.717) is 40.9 Å². The molecule has 6 aromatic rings. The van der Waals surface area contributed by atoms with Crippen molar-refractivity contribution in [1.29, 1.82) is 0 Å². The molecule has 48 heavy (non-hydrogen) atoms. The molecule has 0 saturated carbocycles. The van der Waals surface area contributed by atoms with Gasteiger partial charge < -0.3 is 40.8 Å². The van der Waals surface area contributed by atoms with Crippen molar-refractivity contribution in [3.05, 3.63) is 114 Å². The third kappa shape index (κ3) is 6.75. The number of ether oxygens (including phenoxy) is 6. The van der Waals surface area contributed by atoms with Crippen LogP contribution in [0.2, 0.25) is 0 Å². The number of halogens is 1. The number of hydrogen-bond donors (Lipinski definition) is 0. The molecule has 0 fully saturated rings. The van der Waals surface area contributed by atoms with Crippen LogP contribution in [0.4, 0.5) is 0 Å². The number of aryl methyl sites for hydroxylation is 2. The van der Waals surface area contributed by atoms with Crippen molar-refractivity contribution in [2.75, 3.05) is 35.5 Å². The molecule has 0 unspecified atom stereocenters. The smallest absolute Gasteiger partial charge is 0.193 e. The van der Waals surface area contributed by atoms with Gasteiger partial charge in [-0.3, -0.25) is 0 Å². The molecule has 8 nitrogen and oxygen atoms in total. The molecule has 0 bridgehead atoms. The van der Waals surface area contributed by atoms with Crippen molar-refractivity contribution in [3.63, 3.8) is 0 Å². The summed E-state index contributed by atoms with van der Waals surface area (Å²) in [7, 11) is 12.4. The van der Waals surface area contributed by atoms with E-state index in [4.69, 9.17) is 28.4 Å². The Bertz CT molecular complexity index is 2080. The molecule has 0 N–H and O–H groups in total. The molecule has 248 valence electrons. The van der Waals surface area contributed by atoms with Gasteiger partial charge in [-0.05, 0) is 70.4 Å². The van der Waals surface area contributed by atoms with Crippen LogP contribution in [0, 0.1) is 0 Å². The highest BCUT2D eigenvalue weighted by Crippen LogP contribution is 2.37. The van der Waals surface area contributed by atoms with Crippen LogP contribution in [0.25, 0.3) is 21.5 Å². The zero-order valence-corrected chi connectivity index (χ0v) is 29.1. The molecule has 9 heteroatoms. The minimum atomic E-state index is 0. The van der Waals surface area contributed by atoms with E-state index in [1.807, 2.05) is 48.5 Å². The van der Waals surface area contributed by atoms with Gasteiger partial charge in [-0.25, -0.2) is 9.13 Å². The summed E-state index contributed by atoms with van der Waals surface area (Å²) in [6.45, 7) is 0. The number of hydrogen-bond acceptors (Lipinski definition) is 6. The van der Waals surface area contributed by atoms with E-state index >= 15 is 0 Å². The van der Waals surface area contributed by atoms with E-state index < -0.39 is 0 Å². The van der Waals surface area contributed by atoms with Crippen LogP contribution in [-0.4, -0.2) is 35.5 Å². The average Bonchev–Trinajstić information content (AvgIpc) is 3.10. The number of fused-ring (bicyclic) bond motifs is 2. The van der Waals surface area contributed by atoms with E-state index in [9.17, 15) is 0 Å². The van der Waals surface area contributed by atoms with Crippen LogP contribution in [-0.2, 0) is 26.9 Å². The Hall–Kier alpha value is -5.21. The summed E-state index contributed by atoms with van der Waals surface area (Å²) in [6.07, 6.45) is 5.56. The van der Waals surface area contributed by atoms with E-state index in [-0.39, 0.29) is 12.4 Å². The van der Waals surface area contributed by atoms with Crippen molar-refractivity contribution < 1.29 is 50.0 Å². The Morgan fingerprint density at radius 1 is 0.458 bits per heavy atom. The van der Waals surface area contributed by atoms with Gasteiger partial charge in [0.2, 0.25) is 0 Å². The van der Waals surface area contributed by atoms with Crippen molar-refractivity contribution in [3.8, 4) is 40.2 Å². The average molecular weight is 668 g/mol. The summed E-state index contributed by atoms with van der Waals surface area (Å²) >= 11 is 0. The first-order chi connectivity index (χ1) is 22.8. The SMILES string of the molecule is COc1cc2cc[n+](C)c(Cc3ccc(Oc4cc(Cc5c6cc(OC)c(OC)cc6cc[n+]5C)ccc4OC)cc3)c2cc1OC.[Cl-]. The van der Waals surface area contributed by atoms with Crippen molar-refractivity contribution in [2.24, 2.45) is 14.1 Å². The molecule has 0 spiro atoms. The first-order valence-electron chi connectivity index (χ1n) is 15.4. The van der Waals surface area contributed by atoms with Crippen molar-refractivity contribution in [2.45, 2.75) is 12.8 Å². The minimum Gasteiger partial charge on any atom is -1.00 e. The number of methoxy groups -OCH3 is 5. The molecule has 0 aliphatic carbocycles. The number of aromatic nitrogens is 2. The quantitative estimate of drug-likeness (QED) is 0.197. The molecule has 0 saturated heterocycles. The minimum absolute atomic E-state index is 0. The predicted octanol–water partition coefficient (Wildman–Crippen LogP) is 3.66. The summed E-state index contributed by atoms with van der Waals surface area (Å²) < 4.78 is 38.6. The summed E-state index contributed by atoms with van der Waals surface area (Å²) in [5, 5.41) is 4.39. The number of pyridine rings is 2. The van der Waals surface area contributed by atoms with Gasteiger partial charge in [-0.15, -0.1) is 0 Å². The van der Waals surface area contributed by atoms with E-state index in [0.717, 1.165) is 50.5 Å². The fourth-order valence-electron chi connectivity index (χ4n) is 6.05. The predicted molar refractivity (Wildman–Crippen MR) is 182 cm³/mol. The van der Waals surface area contributed by atoms with E-state index in [2.05, 4.69) is 66.0 Å². The normalized spacial score (nSPS) is 10.8. The Labute approximate surface area is 287 Å². The zero-order valence-electron chi connectivity index (χ0n) is 28.3. The maximum Gasteiger partial charge on any atom is 0.193 e. The topological polar surface area (TPSA) is 63.1 Å². The fourth-order valence-corrected chi connectivity index (χ4v) is 6.05. The van der Waals surface area contributed by atoms with Crippen LogP contribution < -0.4 is 50.0 Å². The molecule has 6 rings (SSSR count). The lowest BCUT2D eigenvalue weighted by atomic mass is 10.0. The maximum absolute atomic E-state index is 6.41. The Kier molecular flexibility index (Phi) is 10.4. The summed E-state index contributed by atoms with van der Waals surface area (Å²) in [6, 6.07) is 26.6. The molecule has 0 atom stereocenters. The Morgan fingerprint density at radius 2 is 0.896 bits per heavy atom. The fraction of sp³-hybridized carbons (Fsp3) is 0.231. The van der Waals surface area contributed by atoms with Crippen LogP contribution in [0.3, 0.4) is 0 Å². The van der Waals surface area contributed by atoms with Gasteiger partial charge in [0.05, 0.1) is 59.2 Å². The lowest BCUT2D eigenvalue weighted by Crippen LogP contribution is -3.00. The third-order valence-corrected chi connectivity index (χ3v) is 8.66. The maximum atomic E-state index is 6.41. The van der Waals surface area contributed by atoms with Gasteiger partial charge in [-0.2, -0.15) is 0 Å². The van der Waals surface area contributed by atoms with Gasteiger partial charge in [-0.1, -0.05) is 18.2 Å². The lowest BCUT2D eigenvalue weighted by molar-refractivity contribution is -0.677. The van der Waals surface area contributed by atoms with E-state index in [1.54, 1.807) is 35.5 Å². The van der Waals surface area contributed by atoms with Gasteiger partial charge in [0.15, 0.2) is 58.3 Å². The van der Waals surface area contributed by atoms with Gasteiger partial charge in [0, 0.05) is 12.1 Å². The van der Waals surface area contributed by atoms with Crippen LogP contribution in [0.5, 0.6) is 40.2 Å². The summed E-state index contributed by atoms with van der Waals surface area (Å²) in [5.41, 5.74) is 4.56. The highest BCUT2D eigenvalue weighted by molar-refractivity contribution is 5.88. The first kappa shape index (κ1) is 34.1. The standard InChI is InChI=1S/C39H40N2O6.ClH/c1-40-16-14-27-21-35(43-4)37(45-6)23-30(27)32(40)18-25-8-11-29(12-9-25)47-39-20-26(10-13-34(39)42-3)19-33-31-24-38(46-7)36(44-5)22-28(31)15-17-41(33)2;/h8-17,20-24H,18-19H2,1-7H3;1H/q+2;/p-1. The molecule has 0 amide bonds. The summed E-state index contributed by atoms with van der Waals surface area (Å²) in [4.78, 5) is 0. The van der Waals surface area contributed by atoms with Gasteiger partial charge in [0.1, 0.15) is 19.8 Å². The second kappa shape index (κ2) is 14.7. The molecule has 0 aliphatic rings. The molecule has 4 aromatic carbocycles. The van der Waals surface area contributed by atoms with Crippen LogP contribution in [0.15, 0.2) is 91.3 Å². The van der Waals surface area contributed by atoms with E-state index in [1.165, 1.54) is 5.69 Å². The lowest BCUT2D eigenvalue weighted by Gasteiger charge is -2.14. The largest absolute Gasteiger partial charge is 1.00 e. The van der Waals surface area contributed by atoms with Crippen LogP contribution in [0.1, 0.15) is 22.5 Å². The first-order valence-corrected chi connectivity index (χ1v) is 15.4. The van der Waals surface area contributed by atoms with Crippen LogP contribution >= 0.6 is 0 Å². The monoisotopic (exact) mass is 667 g/mol. The van der Waals surface area contributed by atoms with Gasteiger partial charge in [0.25, 0.3) is 0 Å².